The van der Waals surface area contributed by atoms with E-state index in [2.05, 4.69) is 5.32 Å². The third kappa shape index (κ3) is 3.78. The van der Waals surface area contributed by atoms with Gasteiger partial charge < -0.3 is 10.2 Å². The molecule has 6 nitrogen and oxygen atoms in total. The topological polar surface area (TPSA) is 69.7 Å². The number of hydrogen-bond acceptors (Lipinski definition) is 3. The lowest BCUT2D eigenvalue weighted by Crippen LogP contribution is -2.53. The van der Waals surface area contributed by atoms with Crippen LogP contribution >= 0.6 is 0 Å². The van der Waals surface area contributed by atoms with E-state index in [0.29, 0.717) is 32.2 Å². The van der Waals surface area contributed by atoms with Crippen LogP contribution in [0.3, 0.4) is 0 Å². The van der Waals surface area contributed by atoms with Crippen LogP contribution in [0, 0.1) is 0 Å². The molecule has 0 spiro atoms. The van der Waals surface area contributed by atoms with E-state index in [0.717, 1.165) is 18.4 Å². The van der Waals surface area contributed by atoms with Gasteiger partial charge in [-0.15, -0.1) is 0 Å². The molecule has 0 bridgehead atoms. The molecule has 1 saturated carbocycles. The lowest BCUT2D eigenvalue weighted by molar-refractivity contribution is 0.172. The minimum atomic E-state index is -3.32. The van der Waals surface area contributed by atoms with E-state index in [-0.39, 0.29) is 11.8 Å². The second-order valence-electron chi connectivity index (χ2n) is 5.85. The maximum Gasteiger partial charge on any atom is 0.317 e. The fraction of sp³-hybridized carbons (Fsp3) is 0.533. The third-order valence-corrected chi connectivity index (χ3v) is 5.87. The second-order valence-corrected chi connectivity index (χ2v) is 7.82. The van der Waals surface area contributed by atoms with Gasteiger partial charge in [0, 0.05) is 32.2 Å². The number of rotatable bonds is 4. The Hall–Kier alpha value is -1.60. The first kappa shape index (κ1) is 15.3. The van der Waals surface area contributed by atoms with Crippen molar-refractivity contribution in [2.45, 2.75) is 24.6 Å². The summed E-state index contributed by atoms with van der Waals surface area (Å²) in [4.78, 5) is 13.6. The monoisotopic (exact) mass is 323 g/mol. The highest BCUT2D eigenvalue weighted by molar-refractivity contribution is 7.88. The lowest BCUT2D eigenvalue weighted by Gasteiger charge is -2.34. The molecule has 0 radical (unpaired) electrons. The van der Waals surface area contributed by atoms with E-state index in [4.69, 9.17) is 0 Å². The Bertz CT molecular complexity index is 621. The molecule has 7 heteroatoms. The SMILES string of the molecule is O=C(NC1CC1)N1CCN(S(=O)(=O)Cc2ccccc2)CC1. The summed E-state index contributed by atoms with van der Waals surface area (Å²) in [5.74, 6) is 0.0160. The van der Waals surface area contributed by atoms with Crippen LogP contribution in [-0.2, 0) is 15.8 Å². The zero-order valence-corrected chi connectivity index (χ0v) is 13.3. The van der Waals surface area contributed by atoms with Crippen LogP contribution in [0.2, 0.25) is 0 Å². The van der Waals surface area contributed by atoms with Gasteiger partial charge in [0.2, 0.25) is 10.0 Å². The number of nitrogens with zero attached hydrogens (tertiary/aromatic N) is 2. The molecule has 1 aliphatic carbocycles. The van der Waals surface area contributed by atoms with Gasteiger partial charge in [0.05, 0.1) is 5.75 Å². The van der Waals surface area contributed by atoms with E-state index >= 15 is 0 Å². The molecule has 22 heavy (non-hydrogen) atoms. The molecule has 1 saturated heterocycles. The van der Waals surface area contributed by atoms with Crippen molar-refractivity contribution in [3.05, 3.63) is 35.9 Å². The summed E-state index contributed by atoms with van der Waals surface area (Å²) in [6.45, 7) is 1.64. The van der Waals surface area contributed by atoms with Crippen molar-refractivity contribution in [1.82, 2.24) is 14.5 Å². The summed E-state index contributed by atoms with van der Waals surface area (Å²) in [5, 5.41) is 2.94. The molecule has 0 atom stereocenters. The van der Waals surface area contributed by atoms with E-state index in [1.807, 2.05) is 30.3 Å². The predicted octanol–water partition coefficient (Wildman–Crippen LogP) is 1.01. The molecule has 2 fully saturated rings. The first-order chi connectivity index (χ1) is 10.5. The number of carbonyl (C=O) groups is 1. The molecule has 0 aromatic heterocycles. The fourth-order valence-corrected chi connectivity index (χ4v) is 4.05. The molecule has 1 aromatic carbocycles. The van der Waals surface area contributed by atoms with Gasteiger partial charge in [-0.05, 0) is 18.4 Å². The second kappa shape index (κ2) is 6.26. The molecule has 0 unspecified atom stereocenters. The average molecular weight is 323 g/mol. The van der Waals surface area contributed by atoms with E-state index in [1.54, 1.807) is 4.90 Å². The highest BCUT2D eigenvalue weighted by Crippen LogP contribution is 2.19. The Balaban J connectivity index is 1.54. The first-order valence-corrected chi connectivity index (χ1v) is 9.23. The van der Waals surface area contributed by atoms with Crippen molar-refractivity contribution in [1.29, 1.82) is 0 Å². The average Bonchev–Trinajstić information content (AvgIpc) is 3.32. The molecule has 120 valence electrons. The van der Waals surface area contributed by atoms with Crippen molar-refractivity contribution in [3.63, 3.8) is 0 Å². The molecule has 1 N–H and O–H groups in total. The normalized spacial score (nSPS) is 19.9. The highest BCUT2D eigenvalue weighted by atomic mass is 32.2. The van der Waals surface area contributed by atoms with Crippen LogP contribution in [-0.4, -0.2) is 55.9 Å². The van der Waals surface area contributed by atoms with Crippen molar-refractivity contribution < 1.29 is 13.2 Å². The molecule has 2 amide bonds. The maximum absolute atomic E-state index is 12.4. The van der Waals surface area contributed by atoms with Gasteiger partial charge in [0.25, 0.3) is 0 Å². The summed E-state index contributed by atoms with van der Waals surface area (Å²) >= 11 is 0. The smallest absolute Gasteiger partial charge is 0.317 e. The van der Waals surface area contributed by atoms with Crippen LogP contribution in [0.4, 0.5) is 4.79 Å². The van der Waals surface area contributed by atoms with Crippen molar-refractivity contribution >= 4 is 16.1 Å². The lowest BCUT2D eigenvalue weighted by atomic mass is 10.2. The van der Waals surface area contributed by atoms with Gasteiger partial charge >= 0.3 is 6.03 Å². The fourth-order valence-electron chi connectivity index (χ4n) is 2.54. The molecule has 1 aromatic rings. The van der Waals surface area contributed by atoms with Gasteiger partial charge in [-0.3, -0.25) is 0 Å². The predicted molar refractivity (Wildman–Crippen MR) is 83.8 cm³/mol. The van der Waals surface area contributed by atoms with Crippen molar-refractivity contribution in [2.24, 2.45) is 0 Å². The zero-order valence-electron chi connectivity index (χ0n) is 12.4. The number of carbonyl (C=O) groups excluding carboxylic acids is 1. The summed E-state index contributed by atoms with van der Waals surface area (Å²) < 4.78 is 26.3. The highest BCUT2D eigenvalue weighted by Gasteiger charge is 2.31. The molecule has 1 aliphatic heterocycles. The third-order valence-electron chi connectivity index (χ3n) is 4.02. The summed E-state index contributed by atoms with van der Waals surface area (Å²) in [7, 11) is -3.32. The number of piperazine rings is 1. The number of sulfonamides is 1. The van der Waals surface area contributed by atoms with Crippen LogP contribution < -0.4 is 5.32 Å². The van der Waals surface area contributed by atoms with Gasteiger partial charge in [-0.25, -0.2) is 13.2 Å². The molecular formula is C15H21N3O3S. The Labute approximate surface area is 131 Å². The zero-order chi connectivity index (χ0) is 15.6. The Morgan fingerprint density at radius 3 is 2.32 bits per heavy atom. The summed E-state index contributed by atoms with van der Waals surface area (Å²) in [5.41, 5.74) is 0.788. The standard InChI is InChI=1S/C15H21N3O3S/c19-15(16-14-6-7-14)17-8-10-18(11-9-17)22(20,21)12-13-4-2-1-3-5-13/h1-5,14H,6-12H2,(H,16,19). The van der Waals surface area contributed by atoms with Crippen LogP contribution in [0.1, 0.15) is 18.4 Å². The van der Waals surface area contributed by atoms with Gasteiger partial charge in [0.1, 0.15) is 0 Å². The number of benzene rings is 1. The van der Waals surface area contributed by atoms with Crippen molar-refractivity contribution in [2.75, 3.05) is 26.2 Å². The van der Waals surface area contributed by atoms with E-state index in [1.165, 1.54) is 4.31 Å². The van der Waals surface area contributed by atoms with Gasteiger partial charge in [-0.1, -0.05) is 30.3 Å². The molecule has 2 aliphatic rings. The van der Waals surface area contributed by atoms with E-state index in [9.17, 15) is 13.2 Å². The Morgan fingerprint density at radius 1 is 1.09 bits per heavy atom. The largest absolute Gasteiger partial charge is 0.335 e. The minimum absolute atomic E-state index is 0.0160. The Morgan fingerprint density at radius 2 is 1.73 bits per heavy atom. The maximum atomic E-state index is 12.4. The first-order valence-electron chi connectivity index (χ1n) is 7.62. The van der Waals surface area contributed by atoms with Crippen LogP contribution in [0.15, 0.2) is 30.3 Å². The van der Waals surface area contributed by atoms with Gasteiger partial charge in [0.15, 0.2) is 0 Å². The molecule has 1 heterocycles. The van der Waals surface area contributed by atoms with Crippen LogP contribution in [0.25, 0.3) is 0 Å². The number of nitrogens with one attached hydrogen (secondary N) is 1. The molecular weight excluding hydrogens is 302 g/mol. The van der Waals surface area contributed by atoms with E-state index < -0.39 is 10.0 Å². The Kier molecular flexibility index (Phi) is 4.35. The van der Waals surface area contributed by atoms with Gasteiger partial charge in [-0.2, -0.15) is 4.31 Å². The van der Waals surface area contributed by atoms with Crippen LogP contribution in [0.5, 0.6) is 0 Å². The minimum Gasteiger partial charge on any atom is -0.335 e. The summed E-state index contributed by atoms with van der Waals surface area (Å²) in [6.07, 6.45) is 2.11. The number of urea groups is 1. The quantitative estimate of drug-likeness (QED) is 0.899. The number of amides is 2. The molecule has 3 rings (SSSR count). The summed E-state index contributed by atoms with van der Waals surface area (Å²) in [6, 6.07) is 9.44. The van der Waals surface area contributed by atoms with Crippen molar-refractivity contribution in [3.8, 4) is 0 Å². The number of hydrogen-bond donors (Lipinski definition) is 1.